The molecule has 1 aliphatic heterocycles. The van der Waals surface area contributed by atoms with Crippen molar-refractivity contribution in [1.82, 2.24) is 9.88 Å². The van der Waals surface area contributed by atoms with Crippen LogP contribution < -0.4 is 15.4 Å². The van der Waals surface area contributed by atoms with Crippen molar-refractivity contribution in [3.05, 3.63) is 78.5 Å². The van der Waals surface area contributed by atoms with Gasteiger partial charge in [-0.3, -0.25) is 4.79 Å². The van der Waals surface area contributed by atoms with Crippen molar-refractivity contribution in [3.8, 4) is 11.6 Å². The number of carbonyl (C=O) groups excluding carboxylic acids is 2. The van der Waals surface area contributed by atoms with Gasteiger partial charge in [0.1, 0.15) is 5.75 Å². The Balaban J connectivity index is 1.24. The first-order valence-corrected chi connectivity index (χ1v) is 10.7. The second-order valence-corrected chi connectivity index (χ2v) is 7.85. The SMILES string of the molecule is Cc1ccc(Oc2ccc(NC(=O)C3CCN(C(=O)Nc4ccccc4)CC3)cn2)cc1. The number of aromatic nitrogens is 1. The predicted molar refractivity (Wildman–Crippen MR) is 124 cm³/mol. The van der Waals surface area contributed by atoms with Crippen molar-refractivity contribution >= 4 is 23.3 Å². The number of nitrogens with zero attached hydrogens (tertiary/aromatic N) is 2. The smallest absolute Gasteiger partial charge is 0.321 e. The minimum absolute atomic E-state index is 0.0536. The van der Waals surface area contributed by atoms with Crippen LogP contribution in [0.15, 0.2) is 72.9 Å². The van der Waals surface area contributed by atoms with Crippen molar-refractivity contribution in [2.45, 2.75) is 19.8 Å². The van der Waals surface area contributed by atoms with E-state index in [-0.39, 0.29) is 17.9 Å². The summed E-state index contributed by atoms with van der Waals surface area (Å²) in [4.78, 5) is 31.1. The first kappa shape index (κ1) is 21.4. The maximum absolute atomic E-state index is 12.7. The van der Waals surface area contributed by atoms with Crippen molar-refractivity contribution in [2.75, 3.05) is 23.7 Å². The lowest BCUT2D eigenvalue weighted by Gasteiger charge is -2.31. The van der Waals surface area contributed by atoms with Gasteiger partial charge in [0.25, 0.3) is 0 Å². The summed E-state index contributed by atoms with van der Waals surface area (Å²) in [6, 6.07) is 20.4. The normalized spacial score (nSPS) is 14.0. The lowest BCUT2D eigenvalue weighted by atomic mass is 9.96. The Bertz CT molecular complexity index is 1040. The van der Waals surface area contributed by atoms with E-state index in [1.807, 2.05) is 61.5 Å². The molecule has 164 valence electrons. The molecule has 2 aromatic carbocycles. The van der Waals surface area contributed by atoms with Gasteiger partial charge in [0, 0.05) is 30.8 Å². The van der Waals surface area contributed by atoms with Gasteiger partial charge in [-0.2, -0.15) is 0 Å². The number of amides is 3. The third-order valence-electron chi connectivity index (χ3n) is 5.43. The minimum Gasteiger partial charge on any atom is -0.439 e. The number of carbonyl (C=O) groups is 2. The molecule has 3 aromatic rings. The zero-order valence-corrected chi connectivity index (χ0v) is 18.0. The minimum atomic E-state index is -0.140. The average molecular weight is 431 g/mol. The van der Waals surface area contributed by atoms with Gasteiger partial charge in [-0.25, -0.2) is 9.78 Å². The van der Waals surface area contributed by atoms with Crippen LogP contribution in [-0.2, 0) is 4.79 Å². The number of hydrogen-bond acceptors (Lipinski definition) is 4. The van der Waals surface area contributed by atoms with Crippen LogP contribution in [0, 0.1) is 12.8 Å². The van der Waals surface area contributed by atoms with Crippen LogP contribution in [0.25, 0.3) is 0 Å². The van der Waals surface area contributed by atoms with E-state index in [0.717, 1.165) is 11.3 Å². The molecule has 0 aliphatic carbocycles. The maximum atomic E-state index is 12.7. The van der Waals surface area contributed by atoms with Gasteiger partial charge in [0.05, 0.1) is 11.9 Å². The number of rotatable bonds is 5. The highest BCUT2D eigenvalue weighted by Gasteiger charge is 2.27. The Morgan fingerprint density at radius 1 is 0.906 bits per heavy atom. The van der Waals surface area contributed by atoms with Crippen LogP contribution in [0.4, 0.5) is 16.2 Å². The van der Waals surface area contributed by atoms with Gasteiger partial charge < -0.3 is 20.3 Å². The molecule has 0 spiro atoms. The van der Waals surface area contributed by atoms with Crippen LogP contribution in [0.3, 0.4) is 0 Å². The summed E-state index contributed by atoms with van der Waals surface area (Å²) < 4.78 is 5.72. The first-order valence-electron chi connectivity index (χ1n) is 10.7. The molecule has 0 bridgehead atoms. The quantitative estimate of drug-likeness (QED) is 0.592. The monoisotopic (exact) mass is 430 g/mol. The van der Waals surface area contributed by atoms with E-state index in [9.17, 15) is 9.59 Å². The number of ether oxygens (including phenoxy) is 1. The van der Waals surface area contributed by atoms with E-state index in [2.05, 4.69) is 15.6 Å². The van der Waals surface area contributed by atoms with Gasteiger partial charge >= 0.3 is 6.03 Å². The molecule has 1 fully saturated rings. The zero-order valence-electron chi connectivity index (χ0n) is 18.0. The van der Waals surface area contributed by atoms with Gasteiger partial charge in [0.2, 0.25) is 11.8 Å². The van der Waals surface area contributed by atoms with E-state index in [1.54, 1.807) is 23.2 Å². The summed E-state index contributed by atoms with van der Waals surface area (Å²) in [6.45, 7) is 3.10. The largest absolute Gasteiger partial charge is 0.439 e. The van der Waals surface area contributed by atoms with Crippen molar-refractivity contribution < 1.29 is 14.3 Å². The molecule has 1 saturated heterocycles. The van der Waals surface area contributed by atoms with Crippen LogP contribution >= 0.6 is 0 Å². The fourth-order valence-electron chi connectivity index (χ4n) is 3.55. The van der Waals surface area contributed by atoms with E-state index < -0.39 is 0 Å². The van der Waals surface area contributed by atoms with Crippen LogP contribution in [0.1, 0.15) is 18.4 Å². The van der Waals surface area contributed by atoms with Crippen LogP contribution in [0.2, 0.25) is 0 Å². The summed E-state index contributed by atoms with van der Waals surface area (Å²) in [7, 11) is 0. The highest BCUT2D eigenvalue weighted by molar-refractivity contribution is 5.93. The third kappa shape index (κ3) is 5.63. The fourth-order valence-corrected chi connectivity index (χ4v) is 3.55. The average Bonchev–Trinajstić information content (AvgIpc) is 2.82. The zero-order chi connectivity index (χ0) is 22.3. The molecule has 7 heteroatoms. The molecular weight excluding hydrogens is 404 g/mol. The number of aryl methyl sites for hydroxylation is 1. The van der Waals surface area contributed by atoms with Crippen molar-refractivity contribution in [1.29, 1.82) is 0 Å². The highest BCUT2D eigenvalue weighted by atomic mass is 16.5. The second kappa shape index (κ2) is 9.96. The number of pyridine rings is 1. The van der Waals surface area contributed by atoms with E-state index in [0.29, 0.717) is 43.2 Å². The first-order chi connectivity index (χ1) is 15.6. The number of hydrogen-bond donors (Lipinski definition) is 2. The number of piperidine rings is 1. The molecular formula is C25H26N4O3. The summed E-state index contributed by atoms with van der Waals surface area (Å²) in [6.07, 6.45) is 2.83. The van der Waals surface area contributed by atoms with E-state index in [1.165, 1.54) is 0 Å². The fraction of sp³-hybridized carbons (Fsp3) is 0.240. The van der Waals surface area contributed by atoms with Gasteiger partial charge in [-0.05, 0) is 50.1 Å². The summed E-state index contributed by atoms with van der Waals surface area (Å²) in [5.41, 5.74) is 2.54. The summed E-state index contributed by atoms with van der Waals surface area (Å²) in [5, 5.41) is 5.81. The lowest BCUT2D eigenvalue weighted by molar-refractivity contribution is -0.121. The molecule has 3 amide bonds. The number of nitrogens with one attached hydrogen (secondary N) is 2. The number of urea groups is 1. The van der Waals surface area contributed by atoms with E-state index >= 15 is 0 Å². The van der Waals surface area contributed by atoms with Gasteiger partial charge in [-0.15, -0.1) is 0 Å². The standard InChI is InChI=1S/C25H26N4O3/c1-18-7-10-22(11-8-18)32-23-12-9-21(17-26-23)27-24(30)19-13-15-29(16-14-19)25(31)28-20-5-3-2-4-6-20/h2-12,17,19H,13-16H2,1H3,(H,27,30)(H,28,31). The number of likely N-dealkylation sites (tertiary alicyclic amines) is 1. The van der Waals surface area contributed by atoms with Crippen LogP contribution in [-0.4, -0.2) is 34.9 Å². The molecule has 0 radical (unpaired) electrons. The number of para-hydroxylation sites is 1. The Morgan fingerprint density at radius 2 is 1.62 bits per heavy atom. The predicted octanol–water partition coefficient (Wildman–Crippen LogP) is 5.06. The molecule has 0 saturated carbocycles. The number of anilines is 2. The Hall–Kier alpha value is -3.87. The van der Waals surface area contributed by atoms with Crippen molar-refractivity contribution in [3.63, 3.8) is 0 Å². The molecule has 4 rings (SSSR count). The summed E-state index contributed by atoms with van der Waals surface area (Å²) in [5.74, 6) is 0.980. The molecule has 1 aliphatic rings. The lowest BCUT2D eigenvalue weighted by Crippen LogP contribution is -2.43. The topological polar surface area (TPSA) is 83.6 Å². The maximum Gasteiger partial charge on any atom is 0.321 e. The molecule has 32 heavy (non-hydrogen) atoms. The Kier molecular flexibility index (Phi) is 6.65. The molecule has 0 unspecified atom stereocenters. The van der Waals surface area contributed by atoms with Crippen molar-refractivity contribution in [2.24, 2.45) is 5.92 Å². The highest BCUT2D eigenvalue weighted by Crippen LogP contribution is 2.23. The molecule has 1 aromatic heterocycles. The molecule has 2 heterocycles. The van der Waals surface area contributed by atoms with Gasteiger partial charge in [-0.1, -0.05) is 35.9 Å². The van der Waals surface area contributed by atoms with Crippen LogP contribution in [0.5, 0.6) is 11.6 Å². The molecule has 0 atom stereocenters. The number of benzene rings is 2. The Labute approximate surface area is 187 Å². The Morgan fingerprint density at radius 3 is 2.28 bits per heavy atom. The summed E-state index contributed by atoms with van der Waals surface area (Å²) >= 11 is 0. The second-order valence-electron chi connectivity index (χ2n) is 7.85. The third-order valence-corrected chi connectivity index (χ3v) is 5.43. The van der Waals surface area contributed by atoms with E-state index in [4.69, 9.17) is 4.74 Å². The van der Waals surface area contributed by atoms with Gasteiger partial charge in [0.15, 0.2) is 0 Å². The molecule has 7 nitrogen and oxygen atoms in total. The molecule has 2 N–H and O–H groups in total.